The highest BCUT2D eigenvalue weighted by molar-refractivity contribution is 6.20. The second-order valence-electron chi connectivity index (χ2n) is 6.88. The van der Waals surface area contributed by atoms with Gasteiger partial charge < -0.3 is 20.1 Å². The van der Waals surface area contributed by atoms with Crippen LogP contribution >= 0.6 is 0 Å². The van der Waals surface area contributed by atoms with Gasteiger partial charge in [0.05, 0.1) is 6.61 Å². The molecule has 0 saturated heterocycles. The summed E-state index contributed by atoms with van der Waals surface area (Å²) in [5.74, 6) is -1.33. The molecule has 0 fully saturated rings. The van der Waals surface area contributed by atoms with Crippen LogP contribution in [-0.2, 0) is 24.5 Å². The van der Waals surface area contributed by atoms with Gasteiger partial charge >= 0.3 is 5.97 Å². The third kappa shape index (κ3) is 2.44. The molecule has 1 atom stereocenters. The first-order chi connectivity index (χ1) is 14.5. The van der Waals surface area contributed by atoms with Crippen LogP contribution in [0.25, 0.3) is 5.76 Å². The summed E-state index contributed by atoms with van der Waals surface area (Å²) in [5, 5.41) is 9.99. The molecule has 0 radical (unpaired) electrons. The molecular weight excluding hydrogens is 382 g/mol. The normalized spacial score (nSPS) is 20.2. The third-order valence-electron chi connectivity index (χ3n) is 5.36. The zero-order chi connectivity index (χ0) is 21.5. The molecule has 2 heterocycles. The van der Waals surface area contributed by atoms with Crippen LogP contribution in [-0.4, -0.2) is 25.5 Å². The molecule has 2 aromatic rings. The van der Waals surface area contributed by atoms with Crippen LogP contribution in [0.2, 0.25) is 0 Å². The number of amides is 1. The summed E-state index contributed by atoms with van der Waals surface area (Å²) in [6.07, 6.45) is 0. The number of nitriles is 1. The number of para-hydroxylation sites is 1. The first-order valence-corrected chi connectivity index (χ1v) is 9.41. The number of carbonyl (C=O) groups is 2. The van der Waals surface area contributed by atoms with Crippen molar-refractivity contribution in [3.05, 3.63) is 82.8 Å². The largest absolute Gasteiger partial charge is 0.462 e. The highest BCUT2D eigenvalue weighted by Gasteiger charge is 2.62. The summed E-state index contributed by atoms with van der Waals surface area (Å²) in [7, 11) is 1.60. The van der Waals surface area contributed by atoms with Crippen LogP contribution in [0.4, 0.5) is 5.69 Å². The monoisotopic (exact) mass is 401 g/mol. The topological polar surface area (TPSA) is 106 Å². The van der Waals surface area contributed by atoms with Crippen LogP contribution < -0.4 is 10.6 Å². The van der Waals surface area contributed by atoms with E-state index in [1.54, 1.807) is 62.5 Å². The second-order valence-corrected chi connectivity index (χ2v) is 6.88. The van der Waals surface area contributed by atoms with Gasteiger partial charge in [0.1, 0.15) is 23.0 Å². The Labute approximate surface area is 173 Å². The highest BCUT2D eigenvalue weighted by atomic mass is 16.5. The standard InChI is InChI=1S/C23H19N3O4/c1-3-29-21(27)18-19(14-9-5-4-6-10-14)30-20(25)16(13-24)23(18)15-11-7-8-12-17(15)26(2)22(23)28/h4-12H,3,25H2,1-2H3/t23-/m1/s1. The summed E-state index contributed by atoms with van der Waals surface area (Å²) >= 11 is 0. The molecule has 0 saturated carbocycles. The highest BCUT2D eigenvalue weighted by Crippen LogP contribution is 2.54. The minimum absolute atomic E-state index is 0.0527. The minimum Gasteiger partial charge on any atom is -0.462 e. The fraction of sp³-hybridized carbons (Fsp3) is 0.174. The number of carbonyl (C=O) groups excluding carboxylic acids is 2. The maximum atomic E-state index is 13.7. The molecule has 0 aromatic heterocycles. The molecular formula is C23H19N3O4. The Kier molecular flexibility index (Phi) is 4.55. The number of anilines is 1. The van der Waals surface area contributed by atoms with Gasteiger partial charge in [-0.1, -0.05) is 48.5 Å². The Balaban J connectivity index is 2.16. The van der Waals surface area contributed by atoms with Crippen LogP contribution in [0.3, 0.4) is 0 Å². The lowest BCUT2D eigenvalue weighted by Gasteiger charge is -2.35. The van der Waals surface area contributed by atoms with Crippen molar-refractivity contribution in [2.45, 2.75) is 12.3 Å². The van der Waals surface area contributed by atoms with Crippen LogP contribution in [0.15, 0.2) is 71.6 Å². The lowest BCUT2D eigenvalue weighted by molar-refractivity contribution is -0.140. The number of nitrogens with two attached hydrogens (primary N) is 1. The van der Waals surface area contributed by atoms with Crippen LogP contribution in [0.5, 0.6) is 0 Å². The van der Waals surface area contributed by atoms with Gasteiger partial charge in [-0.2, -0.15) is 5.26 Å². The van der Waals surface area contributed by atoms with E-state index in [0.717, 1.165) is 0 Å². The molecule has 4 rings (SSSR count). The van der Waals surface area contributed by atoms with Crippen molar-refractivity contribution in [1.82, 2.24) is 0 Å². The number of hydrogen-bond donors (Lipinski definition) is 1. The van der Waals surface area contributed by atoms with E-state index in [1.807, 2.05) is 12.1 Å². The van der Waals surface area contributed by atoms with Gasteiger partial charge in [0, 0.05) is 23.9 Å². The Morgan fingerprint density at radius 1 is 1.20 bits per heavy atom. The minimum atomic E-state index is -1.75. The summed E-state index contributed by atoms with van der Waals surface area (Å²) < 4.78 is 11.1. The van der Waals surface area contributed by atoms with Crippen molar-refractivity contribution in [3.63, 3.8) is 0 Å². The van der Waals surface area contributed by atoms with Gasteiger partial charge in [-0.15, -0.1) is 0 Å². The van der Waals surface area contributed by atoms with Crippen molar-refractivity contribution < 1.29 is 19.1 Å². The van der Waals surface area contributed by atoms with E-state index >= 15 is 0 Å². The van der Waals surface area contributed by atoms with E-state index in [9.17, 15) is 14.9 Å². The maximum Gasteiger partial charge on any atom is 0.339 e. The number of rotatable bonds is 3. The first-order valence-electron chi connectivity index (χ1n) is 9.41. The summed E-state index contributed by atoms with van der Waals surface area (Å²) in [4.78, 5) is 28.4. The molecule has 2 aliphatic heterocycles. The van der Waals surface area contributed by atoms with E-state index in [2.05, 4.69) is 0 Å². The van der Waals surface area contributed by atoms with Crippen molar-refractivity contribution in [2.24, 2.45) is 5.73 Å². The number of hydrogen-bond acceptors (Lipinski definition) is 6. The average Bonchev–Trinajstić information content (AvgIpc) is 2.97. The van der Waals surface area contributed by atoms with Crippen molar-refractivity contribution in [3.8, 4) is 6.07 Å². The lowest BCUT2D eigenvalue weighted by atomic mass is 9.67. The maximum absolute atomic E-state index is 13.7. The van der Waals surface area contributed by atoms with Gasteiger partial charge in [0.2, 0.25) is 11.8 Å². The van der Waals surface area contributed by atoms with Gasteiger partial charge in [-0.3, -0.25) is 4.79 Å². The van der Waals surface area contributed by atoms with Gasteiger partial charge in [-0.05, 0) is 13.0 Å². The fourth-order valence-corrected chi connectivity index (χ4v) is 4.12. The Bertz CT molecular complexity index is 1160. The quantitative estimate of drug-likeness (QED) is 0.793. The van der Waals surface area contributed by atoms with Crippen molar-refractivity contribution in [2.75, 3.05) is 18.6 Å². The van der Waals surface area contributed by atoms with Gasteiger partial charge in [0.25, 0.3) is 0 Å². The Morgan fingerprint density at radius 2 is 1.87 bits per heavy atom. The van der Waals surface area contributed by atoms with E-state index in [4.69, 9.17) is 15.2 Å². The van der Waals surface area contributed by atoms with E-state index in [1.165, 1.54) is 4.90 Å². The molecule has 0 unspecified atom stereocenters. The van der Waals surface area contributed by atoms with Crippen molar-refractivity contribution >= 4 is 23.3 Å². The molecule has 30 heavy (non-hydrogen) atoms. The zero-order valence-electron chi connectivity index (χ0n) is 16.5. The number of benzene rings is 2. The Morgan fingerprint density at radius 3 is 2.53 bits per heavy atom. The van der Waals surface area contributed by atoms with Gasteiger partial charge in [-0.25, -0.2) is 4.79 Å². The average molecular weight is 401 g/mol. The molecule has 1 amide bonds. The third-order valence-corrected chi connectivity index (χ3v) is 5.36. The summed E-state index contributed by atoms with van der Waals surface area (Å²) in [5.41, 5.74) is 5.82. The molecule has 7 heteroatoms. The van der Waals surface area contributed by atoms with E-state index < -0.39 is 17.3 Å². The second kappa shape index (κ2) is 7.08. The molecule has 2 aromatic carbocycles. The summed E-state index contributed by atoms with van der Waals surface area (Å²) in [6.45, 7) is 1.76. The number of esters is 1. The molecule has 2 aliphatic rings. The Hall–Kier alpha value is -4.05. The number of likely N-dealkylation sites (N-methyl/N-ethyl adjacent to an activating group) is 1. The number of nitrogens with zero attached hydrogens (tertiary/aromatic N) is 2. The first kappa shape index (κ1) is 19.3. The van der Waals surface area contributed by atoms with Crippen LogP contribution in [0, 0.1) is 11.3 Å². The molecule has 1 spiro atoms. The molecule has 150 valence electrons. The SMILES string of the molecule is CCOC(=O)C1=C(c2ccccc2)OC(N)=C(C#N)[C@@]12C(=O)N(C)c1ccccc12. The van der Waals surface area contributed by atoms with E-state index in [-0.39, 0.29) is 29.4 Å². The summed E-state index contributed by atoms with van der Waals surface area (Å²) in [6, 6.07) is 17.9. The lowest BCUT2D eigenvalue weighted by Crippen LogP contribution is -2.47. The molecule has 7 nitrogen and oxygen atoms in total. The molecule has 0 bridgehead atoms. The molecule has 2 N–H and O–H groups in total. The van der Waals surface area contributed by atoms with Gasteiger partial charge in [0.15, 0.2) is 5.41 Å². The van der Waals surface area contributed by atoms with Crippen LogP contribution in [0.1, 0.15) is 18.1 Å². The van der Waals surface area contributed by atoms with E-state index in [0.29, 0.717) is 16.8 Å². The number of ether oxygens (including phenoxy) is 2. The fourth-order valence-electron chi connectivity index (χ4n) is 4.12. The number of fused-ring (bicyclic) bond motifs is 2. The zero-order valence-corrected chi connectivity index (χ0v) is 16.5. The predicted octanol–water partition coefficient (Wildman–Crippen LogP) is 2.60. The van der Waals surface area contributed by atoms with Crippen molar-refractivity contribution in [1.29, 1.82) is 5.26 Å². The predicted molar refractivity (Wildman–Crippen MR) is 109 cm³/mol. The smallest absolute Gasteiger partial charge is 0.339 e. The molecule has 0 aliphatic carbocycles.